The van der Waals surface area contributed by atoms with Crippen molar-refractivity contribution < 1.29 is 19.3 Å². The number of morpholine rings is 1. The predicted octanol–water partition coefficient (Wildman–Crippen LogP) is 3.39. The highest BCUT2D eigenvalue weighted by Gasteiger charge is 2.29. The molecule has 2 aliphatic rings. The third-order valence-electron chi connectivity index (χ3n) is 5.56. The zero-order valence-corrected chi connectivity index (χ0v) is 16.6. The van der Waals surface area contributed by atoms with Gasteiger partial charge in [-0.3, -0.25) is 4.90 Å². The van der Waals surface area contributed by atoms with Gasteiger partial charge in [-0.15, -0.1) is 0 Å². The Morgan fingerprint density at radius 1 is 1.00 bits per heavy atom. The molecule has 4 rings (SSSR count). The van der Waals surface area contributed by atoms with Crippen LogP contribution >= 0.6 is 0 Å². The maximum Gasteiger partial charge on any atom is 0.231 e. The van der Waals surface area contributed by atoms with Crippen molar-refractivity contribution in [3.05, 3.63) is 47.5 Å². The van der Waals surface area contributed by atoms with Crippen LogP contribution in [-0.4, -0.2) is 56.2 Å². The lowest BCUT2D eigenvalue weighted by molar-refractivity contribution is 0.0235. The zero-order chi connectivity index (χ0) is 19.5. The molecule has 1 saturated heterocycles. The number of phenolic OH excluding ortho intramolecular Hbond substituents is 1. The summed E-state index contributed by atoms with van der Waals surface area (Å²) in [4.78, 5) is 4.68. The first-order valence-electron chi connectivity index (χ1n) is 10.0. The van der Waals surface area contributed by atoms with Crippen LogP contribution in [0, 0.1) is 0 Å². The zero-order valence-electron chi connectivity index (χ0n) is 16.6. The maximum absolute atomic E-state index is 10.8. The van der Waals surface area contributed by atoms with E-state index in [-0.39, 0.29) is 18.6 Å². The average Bonchev–Trinajstić information content (AvgIpc) is 3.18. The molecule has 0 radical (unpaired) electrons. The molecule has 0 aliphatic carbocycles. The Bertz CT molecular complexity index is 799. The van der Waals surface area contributed by atoms with Crippen molar-refractivity contribution in [2.75, 3.05) is 51.1 Å². The molecule has 1 fully saturated rings. The van der Waals surface area contributed by atoms with Crippen molar-refractivity contribution in [2.24, 2.45) is 0 Å². The summed E-state index contributed by atoms with van der Waals surface area (Å²) in [5.41, 5.74) is 3.19. The van der Waals surface area contributed by atoms with E-state index in [1.165, 1.54) is 5.69 Å². The Morgan fingerprint density at radius 3 is 2.29 bits per heavy atom. The lowest BCUT2D eigenvalue weighted by Gasteiger charge is -2.35. The number of nitrogens with zero attached hydrogens (tertiary/aromatic N) is 2. The summed E-state index contributed by atoms with van der Waals surface area (Å²) in [7, 11) is 0. The lowest BCUT2D eigenvalue weighted by Crippen LogP contribution is -2.39. The molecule has 2 aromatic rings. The molecule has 6 heteroatoms. The highest BCUT2D eigenvalue weighted by Crippen LogP contribution is 2.43. The third kappa shape index (κ3) is 3.62. The van der Waals surface area contributed by atoms with Crippen molar-refractivity contribution in [2.45, 2.75) is 19.9 Å². The fraction of sp³-hybridized carbons (Fsp3) is 0.455. The smallest absolute Gasteiger partial charge is 0.231 e. The molecule has 1 N–H and O–H groups in total. The van der Waals surface area contributed by atoms with Gasteiger partial charge >= 0.3 is 0 Å². The van der Waals surface area contributed by atoms with Crippen molar-refractivity contribution in [1.29, 1.82) is 0 Å². The molecule has 2 aromatic carbocycles. The standard InChI is InChI=1S/C22H28N2O4/c1-3-23(4-2)17-7-5-16(6-8-17)22(24-9-11-26-12-10-24)18-13-20-21(14-19(18)25)28-15-27-20/h5-8,13-14,22,25H,3-4,9-12,15H2,1-2H3. The minimum atomic E-state index is -0.0656. The van der Waals surface area contributed by atoms with Gasteiger partial charge in [0.25, 0.3) is 0 Å². The van der Waals surface area contributed by atoms with Crippen molar-refractivity contribution >= 4 is 5.69 Å². The van der Waals surface area contributed by atoms with Gasteiger partial charge in [0.15, 0.2) is 11.5 Å². The Labute approximate surface area is 166 Å². The maximum atomic E-state index is 10.8. The highest BCUT2D eigenvalue weighted by molar-refractivity contribution is 5.55. The molecular weight excluding hydrogens is 356 g/mol. The Hall–Kier alpha value is -2.44. The quantitative estimate of drug-likeness (QED) is 0.824. The van der Waals surface area contributed by atoms with Crippen LogP contribution in [0.1, 0.15) is 31.0 Å². The molecule has 0 amide bonds. The second kappa shape index (κ2) is 8.29. The molecule has 6 nitrogen and oxygen atoms in total. The molecule has 0 bridgehead atoms. The van der Waals surface area contributed by atoms with Crippen molar-refractivity contribution in [3.63, 3.8) is 0 Å². The van der Waals surface area contributed by atoms with Crippen molar-refractivity contribution in [1.82, 2.24) is 4.90 Å². The van der Waals surface area contributed by atoms with E-state index in [0.29, 0.717) is 24.7 Å². The normalized spacial score (nSPS) is 17.5. The van der Waals surface area contributed by atoms with E-state index in [0.717, 1.165) is 37.3 Å². The van der Waals surface area contributed by atoms with Crippen LogP contribution in [0.15, 0.2) is 36.4 Å². The first-order chi connectivity index (χ1) is 13.7. The van der Waals surface area contributed by atoms with Crippen LogP contribution in [0.25, 0.3) is 0 Å². The van der Waals surface area contributed by atoms with E-state index in [4.69, 9.17) is 14.2 Å². The fourth-order valence-corrected chi connectivity index (χ4v) is 4.04. The summed E-state index contributed by atoms with van der Waals surface area (Å²) in [6.45, 7) is 9.50. The molecule has 0 spiro atoms. The first-order valence-corrected chi connectivity index (χ1v) is 10.0. The fourth-order valence-electron chi connectivity index (χ4n) is 4.04. The molecule has 0 aromatic heterocycles. The third-order valence-corrected chi connectivity index (χ3v) is 5.56. The van der Waals surface area contributed by atoms with Gasteiger partial charge in [0.1, 0.15) is 5.75 Å². The molecule has 1 unspecified atom stereocenters. The number of anilines is 1. The number of phenols is 1. The number of fused-ring (bicyclic) bond motifs is 1. The number of hydrogen-bond donors (Lipinski definition) is 1. The largest absolute Gasteiger partial charge is 0.507 e. The minimum absolute atomic E-state index is 0.0656. The van der Waals surface area contributed by atoms with E-state index >= 15 is 0 Å². The van der Waals surface area contributed by atoms with Gasteiger partial charge in [0.2, 0.25) is 6.79 Å². The van der Waals surface area contributed by atoms with Gasteiger partial charge in [-0.05, 0) is 37.6 Å². The average molecular weight is 384 g/mol. The van der Waals surface area contributed by atoms with E-state index in [2.05, 4.69) is 47.9 Å². The van der Waals surface area contributed by atoms with Gasteiger partial charge in [0, 0.05) is 43.5 Å². The van der Waals surface area contributed by atoms with Crippen LogP contribution in [0.5, 0.6) is 17.2 Å². The molecular formula is C22H28N2O4. The topological polar surface area (TPSA) is 54.4 Å². The van der Waals surface area contributed by atoms with Crippen LogP contribution < -0.4 is 14.4 Å². The van der Waals surface area contributed by atoms with Crippen LogP contribution in [-0.2, 0) is 4.74 Å². The highest BCUT2D eigenvalue weighted by atomic mass is 16.7. The summed E-state index contributed by atoms with van der Waals surface area (Å²) in [5, 5.41) is 10.8. The minimum Gasteiger partial charge on any atom is -0.507 e. The van der Waals surface area contributed by atoms with E-state index in [1.54, 1.807) is 6.07 Å². The van der Waals surface area contributed by atoms with Gasteiger partial charge in [-0.25, -0.2) is 0 Å². The van der Waals surface area contributed by atoms with Crippen molar-refractivity contribution in [3.8, 4) is 17.2 Å². The lowest BCUT2D eigenvalue weighted by atomic mass is 9.95. The van der Waals surface area contributed by atoms with E-state index in [1.807, 2.05) is 6.07 Å². The molecule has 28 heavy (non-hydrogen) atoms. The number of aromatic hydroxyl groups is 1. The molecule has 2 aliphatic heterocycles. The molecule has 150 valence electrons. The second-order valence-corrected chi connectivity index (χ2v) is 7.08. The molecule has 1 atom stereocenters. The van der Waals surface area contributed by atoms with Gasteiger partial charge in [-0.2, -0.15) is 0 Å². The Morgan fingerprint density at radius 2 is 1.64 bits per heavy atom. The first kappa shape index (κ1) is 18.9. The van der Waals surface area contributed by atoms with Gasteiger partial charge < -0.3 is 24.2 Å². The molecule has 0 saturated carbocycles. The summed E-state index contributed by atoms with van der Waals surface area (Å²) >= 11 is 0. The van der Waals surface area contributed by atoms with Crippen LogP contribution in [0.3, 0.4) is 0 Å². The summed E-state index contributed by atoms with van der Waals surface area (Å²) in [6, 6.07) is 12.2. The summed E-state index contributed by atoms with van der Waals surface area (Å²) in [5.74, 6) is 1.51. The number of ether oxygens (including phenoxy) is 3. The van der Waals surface area contributed by atoms with Gasteiger partial charge in [-0.1, -0.05) is 12.1 Å². The van der Waals surface area contributed by atoms with E-state index < -0.39 is 0 Å². The molecule has 2 heterocycles. The van der Waals surface area contributed by atoms with Gasteiger partial charge in [0.05, 0.1) is 19.3 Å². The summed E-state index contributed by atoms with van der Waals surface area (Å²) < 4.78 is 16.5. The second-order valence-electron chi connectivity index (χ2n) is 7.08. The number of benzene rings is 2. The number of rotatable bonds is 6. The van der Waals surface area contributed by atoms with Crippen LogP contribution in [0.2, 0.25) is 0 Å². The van der Waals surface area contributed by atoms with Crippen LogP contribution in [0.4, 0.5) is 5.69 Å². The number of hydrogen-bond acceptors (Lipinski definition) is 6. The van der Waals surface area contributed by atoms with E-state index in [9.17, 15) is 5.11 Å². The Balaban J connectivity index is 1.72. The summed E-state index contributed by atoms with van der Waals surface area (Å²) in [6.07, 6.45) is 0. The monoisotopic (exact) mass is 384 g/mol. The Kier molecular flexibility index (Phi) is 5.59. The predicted molar refractivity (Wildman–Crippen MR) is 108 cm³/mol. The SMILES string of the molecule is CCN(CC)c1ccc(C(c2cc3c(cc2O)OCO3)N2CCOCC2)cc1.